The number of aromatic nitrogens is 2. The van der Waals surface area contributed by atoms with E-state index >= 15 is 0 Å². The first-order valence-corrected chi connectivity index (χ1v) is 11.7. The van der Waals surface area contributed by atoms with Crippen LogP contribution in [0.5, 0.6) is 5.75 Å². The van der Waals surface area contributed by atoms with Crippen LogP contribution in [-0.2, 0) is 12.0 Å². The lowest BCUT2D eigenvalue weighted by Crippen LogP contribution is -2.32. The number of rotatable bonds is 11. The van der Waals surface area contributed by atoms with Gasteiger partial charge in [0.1, 0.15) is 23.9 Å². The highest BCUT2D eigenvalue weighted by molar-refractivity contribution is 5.97. The topological polar surface area (TPSA) is 84.1 Å². The molecule has 6 nitrogen and oxygen atoms in total. The zero-order valence-corrected chi connectivity index (χ0v) is 20.0. The third-order valence-electron chi connectivity index (χ3n) is 6.55. The van der Waals surface area contributed by atoms with Crippen molar-refractivity contribution in [3.63, 3.8) is 0 Å². The summed E-state index contributed by atoms with van der Waals surface area (Å²) in [7, 11) is 0. The Bertz CT molecular complexity index is 1330. The lowest BCUT2D eigenvalue weighted by Gasteiger charge is -2.33. The molecule has 0 spiro atoms. The van der Waals surface area contributed by atoms with Crippen LogP contribution >= 0.6 is 0 Å². The highest BCUT2D eigenvalue weighted by Crippen LogP contribution is 2.37. The number of imidazole rings is 1. The van der Waals surface area contributed by atoms with Crippen LogP contribution in [0.4, 0.5) is 8.78 Å². The first-order chi connectivity index (χ1) is 17.4. The van der Waals surface area contributed by atoms with Gasteiger partial charge in [-0.2, -0.15) is 0 Å². The summed E-state index contributed by atoms with van der Waals surface area (Å²) in [6.45, 7) is 1.10. The fraction of sp³-hybridized carbons (Fsp3) is 0.286. The van der Waals surface area contributed by atoms with Crippen molar-refractivity contribution < 1.29 is 28.5 Å². The van der Waals surface area contributed by atoms with E-state index in [1.807, 2.05) is 30.3 Å². The molecule has 2 aromatic carbocycles. The van der Waals surface area contributed by atoms with Crippen LogP contribution in [0, 0.1) is 18.6 Å². The fourth-order valence-electron chi connectivity index (χ4n) is 4.73. The number of ether oxygens (including phenoxy) is 1. The quantitative estimate of drug-likeness (QED) is 0.293. The molecule has 2 N–H and O–H groups in total. The summed E-state index contributed by atoms with van der Waals surface area (Å²) < 4.78 is 35.4. The van der Waals surface area contributed by atoms with E-state index in [0.717, 1.165) is 17.7 Å². The van der Waals surface area contributed by atoms with Crippen LogP contribution in [0.3, 0.4) is 0 Å². The number of hydrogen-bond donors (Lipinski definition) is 2. The molecule has 0 aliphatic rings. The molecule has 0 atom stereocenters. The molecular formula is C28H28F2N2O4. The lowest BCUT2D eigenvalue weighted by atomic mass is 9.71. The van der Waals surface area contributed by atoms with Crippen molar-refractivity contribution in [2.24, 2.45) is 0 Å². The molecule has 0 saturated heterocycles. The van der Waals surface area contributed by atoms with Gasteiger partial charge in [0.25, 0.3) is 0 Å². The number of nitrogens with zero attached hydrogens (tertiary/aromatic N) is 2. The van der Waals surface area contributed by atoms with Crippen molar-refractivity contribution in [2.75, 3.05) is 13.2 Å². The first-order valence-electron chi connectivity index (χ1n) is 11.7. The summed E-state index contributed by atoms with van der Waals surface area (Å²) in [6.07, 6.45) is 2.35. The van der Waals surface area contributed by atoms with Gasteiger partial charge in [-0.3, -0.25) is 9.20 Å². The summed E-state index contributed by atoms with van der Waals surface area (Å²) >= 11 is 0. The van der Waals surface area contributed by atoms with Gasteiger partial charge >= 0.3 is 0 Å². The van der Waals surface area contributed by atoms with E-state index in [9.17, 15) is 23.8 Å². The Balaban J connectivity index is 1.68. The highest BCUT2D eigenvalue weighted by atomic mass is 19.1. The summed E-state index contributed by atoms with van der Waals surface area (Å²) in [5, 5.41) is 19.6. The Labute approximate surface area is 207 Å². The van der Waals surface area contributed by atoms with Crippen LogP contribution in [0.1, 0.15) is 46.6 Å². The second-order valence-electron chi connectivity index (χ2n) is 8.79. The van der Waals surface area contributed by atoms with Gasteiger partial charge in [-0.25, -0.2) is 13.8 Å². The van der Waals surface area contributed by atoms with Gasteiger partial charge in [0, 0.05) is 31.2 Å². The number of aliphatic hydroxyl groups excluding tert-OH is 2. The summed E-state index contributed by atoms with van der Waals surface area (Å²) in [4.78, 5) is 18.2. The van der Waals surface area contributed by atoms with Gasteiger partial charge < -0.3 is 14.9 Å². The molecule has 0 fully saturated rings. The van der Waals surface area contributed by atoms with Crippen molar-refractivity contribution in [1.82, 2.24) is 9.38 Å². The standard InChI is InChI=1S/C28H28F2N2O4/c1-19-26(24(35)17-28(12-15-33,13-16-34)20-7-3-2-4-8-20)32-14-6-11-25(27(32)31-19)36-18-21-22(29)9-5-10-23(21)30/h2-11,14,33-34H,12-13,15-18H2,1H3. The number of carbonyl (C=O) groups excluding carboxylic acids is 1. The second-order valence-corrected chi connectivity index (χ2v) is 8.79. The number of aliphatic hydroxyl groups is 2. The minimum atomic E-state index is -0.755. The summed E-state index contributed by atoms with van der Waals surface area (Å²) in [5.74, 6) is -1.34. The Morgan fingerprint density at radius 3 is 2.28 bits per heavy atom. The number of pyridine rings is 1. The first kappa shape index (κ1) is 25.5. The molecule has 8 heteroatoms. The van der Waals surface area contributed by atoms with E-state index in [0.29, 0.717) is 29.9 Å². The van der Waals surface area contributed by atoms with Gasteiger partial charge in [-0.05, 0) is 49.6 Å². The molecule has 4 aromatic rings. The monoisotopic (exact) mass is 494 g/mol. The second kappa shape index (κ2) is 11.0. The van der Waals surface area contributed by atoms with Gasteiger partial charge in [0.15, 0.2) is 17.2 Å². The minimum absolute atomic E-state index is 0.0539. The predicted molar refractivity (Wildman–Crippen MR) is 131 cm³/mol. The molecule has 0 aliphatic heterocycles. The Hall–Kier alpha value is -3.62. The third-order valence-corrected chi connectivity index (χ3v) is 6.55. The number of carbonyl (C=O) groups is 1. The van der Waals surface area contributed by atoms with E-state index in [2.05, 4.69) is 4.98 Å². The number of hydrogen-bond acceptors (Lipinski definition) is 5. The maximum Gasteiger partial charge on any atom is 0.182 e. The SMILES string of the molecule is Cc1nc2c(OCc3c(F)cccc3F)cccn2c1C(=O)CC(CCO)(CCO)c1ccccc1. The van der Waals surface area contributed by atoms with E-state index in [1.165, 1.54) is 6.07 Å². The maximum absolute atomic E-state index is 14.0. The van der Waals surface area contributed by atoms with Gasteiger partial charge in [0.2, 0.25) is 0 Å². The molecule has 4 rings (SSSR count). The average molecular weight is 495 g/mol. The molecule has 0 unspecified atom stereocenters. The van der Waals surface area contributed by atoms with E-state index in [-0.39, 0.29) is 43.3 Å². The van der Waals surface area contributed by atoms with Crippen molar-refractivity contribution in [3.8, 4) is 5.75 Å². The largest absolute Gasteiger partial charge is 0.485 e. The predicted octanol–water partition coefficient (Wildman–Crippen LogP) is 4.78. The van der Waals surface area contributed by atoms with Crippen molar-refractivity contribution in [1.29, 1.82) is 0 Å². The summed E-state index contributed by atoms with van der Waals surface area (Å²) in [5.41, 5.74) is 1.09. The zero-order chi connectivity index (χ0) is 25.7. The number of halogens is 2. The zero-order valence-electron chi connectivity index (χ0n) is 20.0. The molecule has 2 aromatic heterocycles. The Morgan fingerprint density at radius 2 is 1.64 bits per heavy atom. The maximum atomic E-state index is 14.0. The Kier molecular flexibility index (Phi) is 7.76. The van der Waals surface area contributed by atoms with Crippen LogP contribution in [0.15, 0.2) is 66.9 Å². The summed E-state index contributed by atoms with van der Waals surface area (Å²) in [6, 6.07) is 16.3. The molecule has 0 saturated carbocycles. The average Bonchev–Trinajstić information content (AvgIpc) is 3.21. The van der Waals surface area contributed by atoms with Crippen molar-refractivity contribution in [3.05, 3.63) is 101 Å². The van der Waals surface area contributed by atoms with Gasteiger partial charge in [-0.1, -0.05) is 36.4 Å². The number of fused-ring (bicyclic) bond motifs is 1. The molecule has 36 heavy (non-hydrogen) atoms. The number of ketones is 1. The van der Waals surface area contributed by atoms with Crippen molar-refractivity contribution >= 4 is 11.4 Å². The third kappa shape index (κ3) is 5.01. The molecule has 2 heterocycles. The van der Waals surface area contributed by atoms with Gasteiger partial charge in [0.05, 0.1) is 11.3 Å². The highest BCUT2D eigenvalue weighted by Gasteiger charge is 2.35. The lowest BCUT2D eigenvalue weighted by molar-refractivity contribution is 0.0910. The van der Waals surface area contributed by atoms with Crippen LogP contribution in [0.2, 0.25) is 0 Å². The fourth-order valence-corrected chi connectivity index (χ4v) is 4.73. The number of benzene rings is 2. The van der Waals surface area contributed by atoms with Crippen LogP contribution < -0.4 is 4.74 Å². The van der Waals surface area contributed by atoms with Crippen LogP contribution in [-0.4, -0.2) is 38.6 Å². The van der Waals surface area contributed by atoms with Crippen LogP contribution in [0.25, 0.3) is 5.65 Å². The van der Waals surface area contributed by atoms with E-state index in [1.54, 1.807) is 29.7 Å². The molecular weight excluding hydrogens is 466 g/mol. The number of aryl methyl sites for hydroxylation is 1. The minimum Gasteiger partial charge on any atom is -0.485 e. The van der Waals surface area contributed by atoms with E-state index in [4.69, 9.17) is 4.74 Å². The number of Topliss-reactive ketones (excluding diaryl/α,β-unsaturated/α-hetero) is 1. The van der Waals surface area contributed by atoms with E-state index < -0.39 is 17.0 Å². The smallest absolute Gasteiger partial charge is 0.182 e. The molecule has 188 valence electrons. The normalized spacial score (nSPS) is 11.7. The van der Waals surface area contributed by atoms with Gasteiger partial charge in [-0.15, -0.1) is 0 Å². The Morgan fingerprint density at radius 1 is 0.972 bits per heavy atom. The van der Waals surface area contributed by atoms with Crippen molar-refractivity contribution in [2.45, 2.75) is 38.2 Å². The molecule has 0 amide bonds. The molecule has 0 aliphatic carbocycles. The molecule has 0 radical (unpaired) electrons. The molecule has 0 bridgehead atoms.